The molecule has 2 unspecified atom stereocenters. The Morgan fingerprint density at radius 1 is 0.923 bits per heavy atom. The normalized spacial score (nSPS) is 37.6. The van der Waals surface area contributed by atoms with E-state index in [1.54, 1.807) is 0 Å². The monoisotopic (exact) mass is 182 g/mol. The van der Waals surface area contributed by atoms with Crippen molar-refractivity contribution < 1.29 is 0 Å². The Morgan fingerprint density at radius 2 is 1.62 bits per heavy atom. The lowest BCUT2D eigenvalue weighted by Gasteiger charge is -2.38. The number of nitrogens with one attached hydrogen (secondary N) is 2. The molecule has 0 amide bonds. The molecule has 0 aromatic carbocycles. The van der Waals surface area contributed by atoms with Crippen molar-refractivity contribution in [2.45, 2.75) is 51.1 Å². The number of hydrogen-bond acceptors (Lipinski definition) is 2. The van der Waals surface area contributed by atoms with Crippen LogP contribution in [0, 0.1) is 5.92 Å². The summed E-state index contributed by atoms with van der Waals surface area (Å²) in [7, 11) is 0. The third kappa shape index (κ3) is 2.23. The Hall–Kier alpha value is -0.0800. The Balaban J connectivity index is 1.88. The van der Waals surface area contributed by atoms with Crippen LogP contribution in [0.5, 0.6) is 0 Å². The molecule has 1 saturated heterocycles. The summed E-state index contributed by atoms with van der Waals surface area (Å²) in [5.74, 6) is 0.941. The van der Waals surface area contributed by atoms with Gasteiger partial charge in [-0.25, -0.2) is 0 Å². The first-order chi connectivity index (χ1) is 6.38. The Labute approximate surface area is 81.5 Å². The topological polar surface area (TPSA) is 24.1 Å². The Morgan fingerprint density at radius 3 is 2.31 bits per heavy atom. The molecule has 2 rings (SSSR count). The first-order valence-corrected chi connectivity index (χ1v) is 5.84. The summed E-state index contributed by atoms with van der Waals surface area (Å²) in [6.45, 7) is 4.63. The molecule has 2 atom stereocenters. The van der Waals surface area contributed by atoms with Crippen LogP contribution in [-0.4, -0.2) is 25.2 Å². The first kappa shape index (κ1) is 9.47. The lowest BCUT2D eigenvalue weighted by molar-refractivity contribution is 0.206. The molecular formula is C11H22N2. The molecule has 1 aliphatic carbocycles. The maximum atomic E-state index is 3.68. The van der Waals surface area contributed by atoms with Gasteiger partial charge < -0.3 is 10.6 Å². The van der Waals surface area contributed by atoms with Gasteiger partial charge >= 0.3 is 0 Å². The smallest absolute Gasteiger partial charge is 0.0247 e. The highest BCUT2D eigenvalue weighted by Crippen LogP contribution is 2.28. The molecule has 1 heterocycles. The molecular weight excluding hydrogens is 160 g/mol. The van der Waals surface area contributed by atoms with E-state index in [0.29, 0.717) is 6.04 Å². The third-order valence-corrected chi connectivity index (χ3v) is 3.67. The van der Waals surface area contributed by atoms with Gasteiger partial charge in [-0.1, -0.05) is 19.3 Å². The van der Waals surface area contributed by atoms with Gasteiger partial charge in [0.05, 0.1) is 0 Å². The predicted octanol–water partition coefficient (Wildman–Crippen LogP) is 1.52. The molecule has 0 radical (unpaired) electrons. The summed E-state index contributed by atoms with van der Waals surface area (Å²) in [4.78, 5) is 0. The van der Waals surface area contributed by atoms with Crippen molar-refractivity contribution in [3.8, 4) is 0 Å². The van der Waals surface area contributed by atoms with E-state index in [-0.39, 0.29) is 0 Å². The van der Waals surface area contributed by atoms with Gasteiger partial charge in [0.1, 0.15) is 0 Å². The lowest BCUT2D eigenvalue weighted by Crippen LogP contribution is -2.57. The van der Waals surface area contributed by atoms with Gasteiger partial charge in [-0.05, 0) is 25.7 Å². The van der Waals surface area contributed by atoms with Gasteiger partial charge in [0.2, 0.25) is 0 Å². The third-order valence-electron chi connectivity index (χ3n) is 3.67. The molecule has 2 fully saturated rings. The van der Waals surface area contributed by atoms with Crippen molar-refractivity contribution in [1.29, 1.82) is 0 Å². The SMILES string of the molecule is CC1NCCNC1C1CCCCC1. The summed E-state index contributed by atoms with van der Waals surface area (Å²) in [5, 5.41) is 7.24. The van der Waals surface area contributed by atoms with E-state index < -0.39 is 0 Å². The minimum absolute atomic E-state index is 0.678. The van der Waals surface area contributed by atoms with Crippen molar-refractivity contribution in [3.63, 3.8) is 0 Å². The first-order valence-electron chi connectivity index (χ1n) is 5.84. The van der Waals surface area contributed by atoms with Crippen LogP contribution < -0.4 is 10.6 Å². The van der Waals surface area contributed by atoms with Crippen LogP contribution in [0.15, 0.2) is 0 Å². The summed E-state index contributed by atoms with van der Waals surface area (Å²) in [5.41, 5.74) is 0. The Kier molecular flexibility index (Phi) is 3.23. The van der Waals surface area contributed by atoms with Crippen molar-refractivity contribution in [3.05, 3.63) is 0 Å². The van der Waals surface area contributed by atoms with Crippen LogP contribution in [0.3, 0.4) is 0 Å². The van der Waals surface area contributed by atoms with Crippen molar-refractivity contribution >= 4 is 0 Å². The highest BCUT2D eigenvalue weighted by Gasteiger charge is 2.29. The van der Waals surface area contributed by atoms with Crippen LogP contribution in [0.2, 0.25) is 0 Å². The van der Waals surface area contributed by atoms with Gasteiger partial charge in [-0.3, -0.25) is 0 Å². The fraction of sp³-hybridized carbons (Fsp3) is 1.00. The van der Waals surface area contributed by atoms with E-state index in [1.165, 1.54) is 32.1 Å². The molecule has 2 aliphatic rings. The molecule has 76 valence electrons. The van der Waals surface area contributed by atoms with Gasteiger partial charge in [0.25, 0.3) is 0 Å². The average molecular weight is 182 g/mol. The molecule has 13 heavy (non-hydrogen) atoms. The van der Waals surface area contributed by atoms with E-state index in [2.05, 4.69) is 17.6 Å². The van der Waals surface area contributed by atoms with Crippen molar-refractivity contribution in [2.75, 3.05) is 13.1 Å². The fourth-order valence-electron chi connectivity index (χ4n) is 2.91. The number of hydrogen-bond donors (Lipinski definition) is 2. The number of piperazine rings is 1. The largest absolute Gasteiger partial charge is 0.311 e. The zero-order chi connectivity index (χ0) is 9.10. The Bertz CT molecular complexity index is 152. The van der Waals surface area contributed by atoms with E-state index in [0.717, 1.165) is 25.0 Å². The van der Waals surface area contributed by atoms with Crippen LogP contribution in [0.1, 0.15) is 39.0 Å². The van der Waals surface area contributed by atoms with E-state index in [9.17, 15) is 0 Å². The summed E-state index contributed by atoms with van der Waals surface area (Å²) < 4.78 is 0. The zero-order valence-electron chi connectivity index (χ0n) is 8.68. The summed E-state index contributed by atoms with van der Waals surface area (Å²) in [6.07, 6.45) is 7.27. The van der Waals surface area contributed by atoms with E-state index >= 15 is 0 Å². The van der Waals surface area contributed by atoms with Gasteiger partial charge in [0.15, 0.2) is 0 Å². The second-order valence-corrected chi connectivity index (χ2v) is 4.62. The van der Waals surface area contributed by atoms with Crippen LogP contribution in [0.25, 0.3) is 0 Å². The molecule has 1 aliphatic heterocycles. The van der Waals surface area contributed by atoms with Crippen molar-refractivity contribution in [1.82, 2.24) is 10.6 Å². The van der Waals surface area contributed by atoms with E-state index in [1.807, 2.05) is 0 Å². The second-order valence-electron chi connectivity index (χ2n) is 4.62. The number of rotatable bonds is 1. The van der Waals surface area contributed by atoms with Gasteiger partial charge in [0, 0.05) is 25.2 Å². The predicted molar refractivity (Wildman–Crippen MR) is 55.8 cm³/mol. The molecule has 0 bridgehead atoms. The molecule has 2 nitrogen and oxygen atoms in total. The maximum Gasteiger partial charge on any atom is 0.0247 e. The average Bonchev–Trinajstić information content (AvgIpc) is 2.20. The molecule has 2 heteroatoms. The van der Waals surface area contributed by atoms with Crippen LogP contribution in [0.4, 0.5) is 0 Å². The van der Waals surface area contributed by atoms with Crippen LogP contribution in [-0.2, 0) is 0 Å². The highest BCUT2D eigenvalue weighted by atomic mass is 15.1. The van der Waals surface area contributed by atoms with Crippen molar-refractivity contribution in [2.24, 2.45) is 5.92 Å². The standard InChI is InChI=1S/C11H22N2/c1-9-11(13-8-7-12-9)10-5-3-2-4-6-10/h9-13H,2-8H2,1H3. The highest BCUT2D eigenvalue weighted by molar-refractivity contribution is 4.89. The summed E-state index contributed by atoms with van der Waals surface area (Å²) >= 11 is 0. The molecule has 0 spiro atoms. The molecule has 0 aromatic heterocycles. The van der Waals surface area contributed by atoms with Crippen LogP contribution >= 0.6 is 0 Å². The molecule has 0 aromatic rings. The fourth-order valence-corrected chi connectivity index (χ4v) is 2.91. The molecule has 1 saturated carbocycles. The second kappa shape index (κ2) is 4.43. The minimum Gasteiger partial charge on any atom is -0.311 e. The quantitative estimate of drug-likeness (QED) is 0.642. The van der Waals surface area contributed by atoms with Gasteiger partial charge in [-0.2, -0.15) is 0 Å². The summed E-state index contributed by atoms with van der Waals surface area (Å²) in [6, 6.07) is 1.42. The van der Waals surface area contributed by atoms with E-state index in [4.69, 9.17) is 0 Å². The zero-order valence-corrected chi connectivity index (χ0v) is 8.68. The maximum absolute atomic E-state index is 3.68. The van der Waals surface area contributed by atoms with Gasteiger partial charge in [-0.15, -0.1) is 0 Å². The lowest BCUT2D eigenvalue weighted by atomic mass is 9.81. The molecule has 2 N–H and O–H groups in total. The minimum atomic E-state index is 0.678.